The van der Waals surface area contributed by atoms with Gasteiger partial charge in [0.15, 0.2) is 5.76 Å². The number of carbonyl (C=O) groups excluding carboxylic acids is 1. The Hall–Kier alpha value is -2.79. The number of hydrogen-bond acceptors (Lipinski definition) is 5. The normalized spacial score (nSPS) is 17.4. The maximum atomic E-state index is 13.0. The van der Waals surface area contributed by atoms with E-state index in [-0.39, 0.29) is 5.78 Å². The van der Waals surface area contributed by atoms with Gasteiger partial charge in [0, 0.05) is 43.5 Å². The van der Waals surface area contributed by atoms with E-state index in [1.54, 1.807) is 0 Å². The second-order valence-corrected chi connectivity index (χ2v) is 7.91. The standard InChI is InChI=1S/C23H26N2O3/c1-14(2)25-12-17-11-19-21(26)20(28-23(19)15(3)22(17)27-13-25)10-16-6-8-18(9-7-16)24(4)5/h6-11,14H,12-13H2,1-5H3/b20-10-. The maximum absolute atomic E-state index is 13.0. The highest BCUT2D eigenvalue weighted by atomic mass is 16.5. The highest BCUT2D eigenvalue weighted by Gasteiger charge is 2.33. The van der Waals surface area contributed by atoms with Gasteiger partial charge in [-0.2, -0.15) is 0 Å². The molecule has 146 valence electrons. The van der Waals surface area contributed by atoms with Crippen molar-refractivity contribution in [2.75, 3.05) is 25.7 Å². The number of carbonyl (C=O) groups is 1. The predicted molar refractivity (Wildman–Crippen MR) is 111 cm³/mol. The van der Waals surface area contributed by atoms with Gasteiger partial charge in [-0.3, -0.25) is 9.69 Å². The van der Waals surface area contributed by atoms with E-state index < -0.39 is 0 Å². The Morgan fingerprint density at radius 1 is 1.14 bits per heavy atom. The van der Waals surface area contributed by atoms with E-state index in [0.29, 0.717) is 29.8 Å². The summed E-state index contributed by atoms with van der Waals surface area (Å²) in [5.74, 6) is 1.76. The van der Waals surface area contributed by atoms with E-state index in [4.69, 9.17) is 9.47 Å². The van der Waals surface area contributed by atoms with Crippen molar-refractivity contribution in [3.05, 3.63) is 58.3 Å². The van der Waals surface area contributed by atoms with Gasteiger partial charge in [0.1, 0.15) is 18.2 Å². The van der Waals surface area contributed by atoms with Crippen molar-refractivity contribution in [2.45, 2.75) is 33.4 Å². The van der Waals surface area contributed by atoms with Crippen LogP contribution in [0.5, 0.6) is 11.5 Å². The minimum absolute atomic E-state index is 0.0701. The molecular formula is C23H26N2O3. The maximum Gasteiger partial charge on any atom is 0.231 e. The molecule has 2 heterocycles. The van der Waals surface area contributed by atoms with Gasteiger partial charge < -0.3 is 14.4 Å². The van der Waals surface area contributed by atoms with Crippen molar-refractivity contribution in [2.24, 2.45) is 0 Å². The van der Waals surface area contributed by atoms with Crippen LogP contribution in [0.2, 0.25) is 0 Å². The fraction of sp³-hybridized carbons (Fsp3) is 0.348. The molecule has 4 rings (SSSR count). The zero-order chi connectivity index (χ0) is 20.0. The molecule has 0 amide bonds. The first-order valence-electron chi connectivity index (χ1n) is 9.60. The van der Waals surface area contributed by atoms with E-state index >= 15 is 0 Å². The molecule has 5 nitrogen and oxygen atoms in total. The van der Waals surface area contributed by atoms with Gasteiger partial charge in [0.2, 0.25) is 5.78 Å². The second kappa shape index (κ2) is 6.99. The lowest BCUT2D eigenvalue weighted by molar-refractivity contribution is 0.0678. The van der Waals surface area contributed by atoms with Crippen LogP contribution in [-0.4, -0.2) is 37.6 Å². The second-order valence-electron chi connectivity index (χ2n) is 7.91. The molecule has 5 heteroatoms. The number of hydrogen-bond donors (Lipinski definition) is 0. The summed E-state index contributed by atoms with van der Waals surface area (Å²) in [6.07, 6.45) is 1.81. The van der Waals surface area contributed by atoms with Gasteiger partial charge in [-0.05, 0) is 50.6 Å². The summed E-state index contributed by atoms with van der Waals surface area (Å²) >= 11 is 0. The summed E-state index contributed by atoms with van der Waals surface area (Å²) in [6.45, 7) is 7.58. The van der Waals surface area contributed by atoms with Crippen molar-refractivity contribution in [3.8, 4) is 11.5 Å². The van der Waals surface area contributed by atoms with Crippen molar-refractivity contribution in [1.82, 2.24) is 4.90 Å². The first kappa shape index (κ1) is 18.6. The molecule has 0 aromatic heterocycles. The Morgan fingerprint density at radius 2 is 1.86 bits per heavy atom. The monoisotopic (exact) mass is 378 g/mol. The van der Waals surface area contributed by atoms with Crippen LogP contribution >= 0.6 is 0 Å². The van der Waals surface area contributed by atoms with E-state index in [0.717, 1.165) is 34.7 Å². The van der Waals surface area contributed by atoms with E-state index in [1.807, 2.05) is 62.3 Å². The molecule has 2 aromatic rings. The van der Waals surface area contributed by atoms with Crippen LogP contribution in [0.15, 0.2) is 36.1 Å². The molecule has 0 unspecified atom stereocenters. The zero-order valence-corrected chi connectivity index (χ0v) is 17.1. The average Bonchev–Trinajstić information content (AvgIpc) is 2.98. The molecular weight excluding hydrogens is 352 g/mol. The lowest BCUT2D eigenvalue weighted by Crippen LogP contribution is -2.37. The van der Waals surface area contributed by atoms with Crippen molar-refractivity contribution >= 4 is 17.5 Å². The number of Topliss-reactive ketones (excluding diaryl/α,β-unsaturated/α-hetero) is 1. The van der Waals surface area contributed by atoms with Gasteiger partial charge in [-0.15, -0.1) is 0 Å². The molecule has 0 N–H and O–H groups in total. The summed E-state index contributed by atoms with van der Waals surface area (Å²) in [7, 11) is 4.00. The third-order valence-electron chi connectivity index (χ3n) is 5.40. The van der Waals surface area contributed by atoms with Gasteiger partial charge in [-0.25, -0.2) is 0 Å². The van der Waals surface area contributed by atoms with Crippen LogP contribution in [0.4, 0.5) is 5.69 Å². The average molecular weight is 378 g/mol. The Balaban J connectivity index is 1.66. The number of benzene rings is 2. The Kier molecular flexibility index (Phi) is 4.63. The van der Waals surface area contributed by atoms with Crippen LogP contribution in [0.3, 0.4) is 0 Å². The van der Waals surface area contributed by atoms with Crippen LogP contribution < -0.4 is 14.4 Å². The molecule has 2 aromatic carbocycles. The first-order chi connectivity index (χ1) is 13.3. The SMILES string of the molecule is Cc1c2c(cc3c1O/C(=C\c1ccc(N(C)C)cc1)C3=O)CN(C(C)C)CO2. The summed E-state index contributed by atoms with van der Waals surface area (Å²) < 4.78 is 12.0. The number of nitrogens with zero attached hydrogens (tertiary/aromatic N) is 2. The molecule has 28 heavy (non-hydrogen) atoms. The number of anilines is 1. The quantitative estimate of drug-likeness (QED) is 0.748. The molecule has 0 atom stereocenters. The number of allylic oxidation sites excluding steroid dienone is 1. The molecule has 0 saturated heterocycles. The number of rotatable bonds is 3. The molecule has 0 bridgehead atoms. The molecule has 0 fully saturated rings. The third kappa shape index (κ3) is 3.16. The van der Waals surface area contributed by atoms with Crippen LogP contribution in [-0.2, 0) is 6.54 Å². The van der Waals surface area contributed by atoms with Gasteiger partial charge in [0.05, 0.1) is 5.56 Å². The van der Waals surface area contributed by atoms with Gasteiger partial charge in [0.25, 0.3) is 0 Å². The van der Waals surface area contributed by atoms with Crippen molar-refractivity contribution in [1.29, 1.82) is 0 Å². The van der Waals surface area contributed by atoms with Crippen molar-refractivity contribution in [3.63, 3.8) is 0 Å². The molecule has 0 radical (unpaired) electrons. The van der Waals surface area contributed by atoms with E-state index in [2.05, 4.69) is 18.7 Å². The fourth-order valence-corrected chi connectivity index (χ4v) is 3.62. The van der Waals surface area contributed by atoms with Crippen LogP contribution in [0.25, 0.3) is 6.08 Å². The lowest BCUT2D eigenvalue weighted by Gasteiger charge is -2.32. The zero-order valence-electron chi connectivity index (χ0n) is 17.1. The minimum atomic E-state index is -0.0701. The highest BCUT2D eigenvalue weighted by molar-refractivity contribution is 6.15. The topological polar surface area (TPSA) is 42.0 Å². The molecule has 0 saturated carbocycles. The smallest absolute Gasteiger partial charge is 0.231 e. The molecule has 0 aliphatic carbocycles. The molecule has 2 aliphatic heterocycles. The van der Waals surface area contributed by atoms with Gasteiger partial charge >= 0.3 is 0 Å². The number of ether oxygens (including phenoxy) is 2. The Bertz CT molecular complexity index is 959. The fourth-order valence-electron chi connectivity index (χ4n) is 3.62. The summed E-state index contributed by atoms with van der Waals surface area (Å²) in [6, 6.07) is 10.3. The Labute approximate surface area is 166 Å². The first-order valence-corrected chi connectivity index (χ1v) is 9.60. The highest BCUT2D eigenvalue weighted by Crippen LogP contribution is 2.43. The van der Waals surface area contributed by atoms with Crippen LogP contribution in [0, 0.1) is 6.92 Å². The molecule has 0 spiro atoms. The van der Waals surface area contributed by atoms with Crippen molar-refractivity contribution < 1.29 is 14.3 Å². The lowest BCUT2D eigenvalue weighted by atomic mass is 9.99. The minimum Gasteiger partial charge on any atom is -0.477 e. The number of fused-ring (bicyclic) bond motifs is 2. The summed E-state index contributed by atoms with van der Waals surface area (Å²) in [5.41, 5.74) is 4.62. The predicted octanol–water partition coefficient (Wildman–Crippen LogP) is 4.24. The largest absolute Gasteiger partial charge is 0.477 e. The van der Waals surface area contributed by atoms with Crippen LogP contribution in [0.1, 0.15) is 40.9 Å². The van der Waals surface area contributed by atoms with E-state index in [1.165, 1.54) is 0 Å². The summed E-state index contributed by atoms with van der Waals surface area (Å²) in [5, 5.41) is 0. The Morgan fingerprint density at radius 3 is 2.50 bits per heavy atom. The third-order valence-corrected chi connectivity index (χ3v) is 5.40. The van der Waals surface area contributed by atoms with E-state index in [9.17, 15) is 4.79 Å². The van der Waals surface area contributed by atoms with Gasteiger partial charge in [-0.1, -0.05) is 12.1 Å². The molecule has 2 aliphatic rings. The number of ketones is 1. The summed E-state index contributed by atoms with van der Waals surface area (Å²) in [4.78, 5) is 17.2.